The maximum Gasteiger partial charge on any atom is 0.263 e. The molecule has 0 aliphatic rings. The van der Waals surface area contributed by atoms with Crippen LogP contribution in [-0.2, 0) is 28.9 Å². The number of hydrazine groups is 2. The van der Waals surface area contributed by atoms with Gasteiger partial charge in [-0.25, -0.2) is 0 Å². The average molecular weight is 350 g/mol. The molecule has 2 N–H and O–H groups in total. The van der Waals surface area contributed by atoms with Gasteiger partial charge in [0.15, 0.2) is 0 Å². The fourth-order valence-electron chi connectivity index (χ4n) is 2.01. The Morgan fingerprint density at radius 3 is 1.29 bits per heavy atom. The first-order chi connectivity index (χ1) is 11.6. The van der Waals surface area contributed by atoms with E-state index in [4.69, 9.17) is 9.68 Å². The summed E-state index contributed by atoms with van der Waals surface area (Å²) >= 11 is 0. The minimum Gasteiger partial charge on any atom is -0.283 e. The summed E-state index contributed by atoms with van der Waals surface area (Å²) in [4.78, 5) is 42.3. The first-order valence-corrected chi connectivity index (χ1v) is 7.92. The smallest absolute Gasteiger partial charge is 0.263 e. The molecule has 0 fully saturated rings. The number of amides is 2. The summed E-state index contributed by atoms with van der Waals surface area (Å²) in [5.74, 6) is -0.370. The van der Waals surface area contributed by atoms with Gasteiger partial charge in [-0.2, -0.15) is 0 Å². The predicted octanol–water partition coefficient (Wildman–Crippen LogP) is 1.02. The van der Waals surface area contributed by atoms with Crippen molar-refractivity contribution in [2.45, 2.75) is 51.4 Å². The molecule has 142 valence electrons. The Morgan fingerprint density at radius 2 is 1.00 bits per heavy atom. The first kappa shape index (κ1) is 22.7. The molecular weight excluding hydrogens is 320 g/mol. The lowest BCUT2D eigenvalue weighted by molar-refractivity contribution is -0.241. The highest BCUT2D eigenvalue weighted by molar-refractivity contribution is 5.74. The number of carbonyl (C=O) groups excluding carboxylic acids is 2. The lowest BCUT2D eigenvalue weighted by Gasteiger charge is -2.18. The molecule has 0 aliphatic heterocycles. The predicted molar refractivity (Wildman–Crippen MR) is 84.9 cm³/mol. The second kappa shape index (κ2) is 15.2. The van der Waals surface area contributed by atoms with E-state index in [0.29, 0.717) is 12.8 Å². The van der Waals surface area contributed by atoms with Gasteiger partial charge >= 0.3 is 0 Å². The van der Waals surface area contributed by atoms with Crippen LogP contribution in [0.15, 0.2) is 0 Å². The van der Waals surface area contributed by atoms with E-state index in [-0.39, 0.29) is 11.8 Å². The fraction of sp³-hybridized carbons (Fsp3) is 0.857. The summed E-state index contributed by atoms with van der Waals surface area (Å²) in [7, 11) is 5.58. The Balaban J connectivity index is 3.60. The molecule has 0 saturated carbocycles. The van der Waals surface area contributed by atoms with Gasteiger partial charge < -0.3 is 0 Å². The van der Waals surface area contributed by atoms with Crippen LogP contribution in [0.1, 0.15) is 51.4 Å². The van der Waals surface area contributed by atoms with Crippen LogP contribution in [0.2, 0.25) is 0 Å². The zero-order chi connectivity index (χ0) is 18.2. The summed E-state index contributed by atoms with van der Waals surface area (Å²) in [5.41, 5.74) is 4.67. The third-order valence-electron chi connectivity index (χ3n) is 3.20. The van der Waals surface area contributed by atoms with Crippen molar-refractivity contribution in [3.05, 3.63) is 0 Å². The monoisotopic (exact) mass is 350 g/mol. The molecule has 0 unspecified atom stereocenters. The molecule has 0 rings (SSSR count). The molecule has 0 spiro atoms. The highest BCUT2D eigenvalue weighted by Crippen LogP contribution is 2.10. The second-order valence-electron chi connectivity index (χ2n) is 4.95. The minimum absolute atomic E-state index is 0.185. The molecular formula is C14H30N4O6. The molecule has 24 heavy (non-hydrogen) atoms. The van der Waals surface area contributed by atoms with Gasteiger partial charge in [-0.3, -0.25) is 28.9 Å². The highest BCUT2D eigenvalue weighted by Gasteiger charge is 2.13. The van der Waals surface area contributed by atoms with E-state index >= 15 is 0 Å². The standard InChI is InChI=1S/C14H30N4O6/c1-21-15-17(23-3)13(19)11-9-7-5-6-8-10-12-14(20)18(24-4)16-22-2/h15-16H,5-12H2,1-4H3. The molecule has 0 heterocycles. The van der Waals surface area contributed by atoms with Crippen LogP contribution in [-0.4, -0.2) is 50.6 Å². The van der Waals surface area contributed by atoms with Gasteiger partial charge in [-0.1, -0.05) is 36.9 Å². The molecule has 0 aliphatic carbocycles. The van der Waals surface area contributed by atoms with Gasteiger partial charge in [-0.05, 0) is 12.8 Å². The largest absolute Gasteiger partial charge is 0.283 e. The summed E-state index contributed by atoms with van der Waals surface area (Å²) in [6, 6.07) is 0. The van der Waals surface area contributed by atoms with Crippen molar-refractivity contribution in [2.75, 3.05) is 28.4 Å². The van der Waals surface area contributed by atoms with E-state index in [1.807, 2.05) is 0 Å². The summed E-state index contributed by atoms with van der Waals surface area (Å²) in [6.45, 7) is 0. The van der Waals surface area contributed by atoms with Crippen molar-refractivity contribution in [1.82, 2.24) is 21.5 Å². The number of unbranched alkanes of at least 4 members (excludes halogenated alkanes) is 5. The Hall–Kier alpha value is -1.30. The normalized spacial score (nSPS) is 10.7. The summed E-state index contributed by atoms with van der Waals surface area (Å²) < 4.78 is 0. The number of carbonyl (C=O) groups is 2. The zero-order valence-corrected chi connectivity index (χ0v) is 15.0. The number of hydrogen-bond donors (Lipinski definition) is 2. The molecule has 0 aromatic carbocycles. The van der Waals surface area contributed by atoms with Gasteiger partial charge in [0, 0.05) is 12.8 Å². The maximum absolute atomic E-state index is 11.7. The number of rotatable bonds is 15. The molecule has 0 saturated heterocycles. The third kappa shape index (κ3) is 10.5. The Kier molecular flexibility index (Phi) is 14.4. The van der Waals surface area contributed by atoms with E-state index in [1.165, 1.54) is 28.4 Å². The van der Waals surface area contributed by atoms with Crippen LogP contribution in [0.5, 0.6) is 0 Å². The van der Waals surface area contributed by atoms with Crippen LogP contribution in [0, 0.1) is 0 Å². The first-order valence-electron chi connectivity index (χ1n) is 7.92. The number of hydrogen-bond acceptors (Lipinski definition) is 8. The van der Waals surface area contributed by atoms with Gasteiger partial charge in [0.05, 0.1) is 28.4 Å². The topological polar surface area (TPSA) is 102 Å². The van der Waals surface area contributed by atoms with Gasteiger partial charge in [0.25, 0.3) is 11.8 Å². The molecule has 0 aromatic rings. The Bertz CT molecular complexity index is 313. The lowest BCUT2D eigenvalue weighted by atomic mass is 10.1. The Morgan fingerprint density at radius 1 is 0.667 bits per heavy atom. The van der Waals surface area contributed by atoms with E-state index in [2.05, 4.69) is 20.9 Å². The van der Waals surface area contributed by atoms with E-state index in [9.17, 15) is 9.59 Å². The van der Waals surface area contributed by atoms with E-state index < -0.39 is 0 Å². The summed E-state index contributed by atoms with van der Waals surface area (Å²) in [5, 5.41) is 1.92. The van der Waals surface area contributed by atoms with Crippen LogP contribution in [0.25, 0.3) is 0 Å². The van der Waals surface area contributed by atoms with Crippen LogP contribution >= 0.6 is 0 Å². The molecule has 0 aromatic heterocycles. The highest BCUT2D eigenvalue weighted by atomic mass is 16.8. The van der Waals surface area contributed by atoms with E-state index in [0.717, 1.165) is 48.9 Å². The molecule has 0 bridgehead atoms. The molecule has 2 amide bonds. The van der Waals surface area contributed by atoms with Gasteiger partial charge in [0.2, 0.25) is 0 Å². The Labute approximate surface area is 143 Å². The number of nitrogens with one attached hydrogen (secondary N) is 2. The van der Waals surface area contributed by atoms with Crippen molar-refractivity contribution >= 4 is 11.8 Å². The van der Waals surface area contributed by atoms with E-state index in [1.54, 1.807) is 0 Å². The van der Waals surface area contributed by atoms with Crippen molar-refractivity contribution in [3.8, 4) is 0 Å². The molecule has 0 radical (unpaired) electrons. The third-order valence-corrected chi connectivity index (χ3v) is 3.20. The van der Waals surface area contributed by atoms with Gasteiger partial charge in [-0.15, -0.1) is 10.3 Å². The average Bonchev–Trinajstić information content (AvgIpc) is 2.59. The maximum atomic E-state index is 11.7. The number of hydroxylamine groups is 2. The van der Waals surface area contributed by atoms with Crippen LogP contribution in [0.3, 0.4) is 0 Å². The lowest BCUT2D eigenvalue weighted by Crippen LogP contribution is -2.41. The summed E-state index contributed by atoms with van der Waals surface area (Å²) in [6.07, 6.45) is 6.23. The van der Waals surface area contributed by atoms with Crippen LogP contribution in [0.4, 0.5) is 0 Å². The van der Waals surface area contributed by atoms with Crippen molar-refractivity contribution < 1.29 is 28.9 Å². The van der Waals surface area contributed by atoms with Gasteiger partial charge in [0.1, 0.15) is 0 Å². The molecule has 10 nitrogen and oxygen atoms in total. The van der Waals surface area contributed by atoms with Crippen molar-refractivity contribution in [3.63, 3.8) is 0 Å². The minimum atomic E-state index is -0.185. The SMILES string of the molecule is CONN(OC)C(=O)CCCCCCCCC(=O)N(NOC)OC. The van der Waals surface area contributed by atoms with Crippen molar-refractivity contribution in [1.29, 1.82) is 0 Å². The van der Waals surface area contributed by atoms with Crippen molar-refractivity contribution in [2.24, 2.45) is 0 Å². The molecule has 10 heteroatoms. The molecule has 0 atom stereocenters. The fourth-order valence-corrected chi connectivity index (χ4v) is 2.01. The zero-order valence-electron chi connectivity index (χ0n) is 15.0. The quantitative estimate of drug-likeness (QED) is 0.333. The number of nitrogens with zero attached hydrogens (tertiary/aromatic N) is 2. The van der Waals surface area contributed by atoms with Crippen LogP contribution < -0.4 is 11.2 Å². The second-order valence-corrected chi connectivity index (χ2v) is 4.95.